The largest absolute Gasteiger partial charge is 0.0793 e. The Kier molecular flexibility index (Phi) is 5.32. The highest BCUT2D eigenvalue weighted by Crippen LogP contribution is 1.67. The lowest BCUT2D eigenvalue weighted by Crippen LogP contribution is -1.47. The third-order valence-electron chi connectivity index (χ3n) is 0.583. The summed E-state index contributed by atoms with van der Waals surface area (Å²) in [4.78, 5) is 0. The highest BCUT2D eigenvalue weighted by molar-refractivity contribution is 5.22. The van der Waals surface area contributed by atoms with Crippen molar-refractivity contribution in [3.63, 3.8) is 0 Å². The van der Waals surface area contributed by atoms with Gasteiger partial charge in [0.05, 0.1) is 0 Å². The molecule has 0 nitrogen and oxygen atoms in total. The maximum Gasteiger partial charge on any atom is -0.0158 e. The van der Waals surface area contributed by atoms with Gasteiger partial charge in [-0.3, -0.25) is 0 Å². The Bertz CT molecular complexity index is 123. The molecular formula is C8H10. The first-order valence-corrected chi connectivity index (χ1v) is 2.65. The van der Waals surface area contributed by atoms with Crippen LogP contribution in [0.1, 0.15) is 13.8 Å². The second kappa shape index (κ2) is 6.04. The van der Waals surface area contributed by atoms with Gasteiger partial charge in [0, 0.05) is 0 Å². The summed E-state index contributed by atoms with van der Waals surface area (Å²) in [5, 5.41) is 0. The van der Waals surface area contributed by atoms with Crippen LogP contribution in [0.5, 0.6) is 0 Å². The molecule has 0 aliphatic rings. The van der Waals surface area contributed by atoms with E-state index in [0.29, 0.717) is 0 Å². The minimum atomic E-state index is 1.82. The summed E-state index contributed by atoms with van der Waals surface area (Å²) in [6, 6.07) is 0. The van der Waals surface area contributed by atoms with Gasteiger partial charge in [-0.2, -0.15) is 0 Å². The van der Waals surface area contributed by atoms with Crippen LogP contribution in [0.2, 0.25) is 0 Å². The molecule has 8 heavy (non-hydrogen) atoms. The predicted molar refractivity (Wildman–Crippen MR) is 37.4 cm³/mol. The van der Waals surface area contributed by atoms with Gasteiger partial charge in [0.1, 0.15) is 0 Å². The molecule has 0 unspecified atom stereocenters. The van der Waals surface area contributed by atoms with Crippen LogP contribution in [-0.2, 0) is 0 Å². The van der Waals surface area contributed by atoms with Crippen LogP contribution in [0.15, 0.2) is 24.3 Å². The van der Waals surface area contributed by atoms with Gasteiger partial charge in [0.25, 0.3) is 0 Å². The highest BCUT2D eigenvalue weighted by atomic mass is 13.6. The van der Waals surface area contributed by atoms with Crippen LogP contribution in [0.25, 0.3) is 0 Å². The summed E-state index contributed by atoms with van der Waals surface area (Å²) in [5.74, 6) is 5.64. The number of allylic oxidation sites excluding steroid dienone is 4. The molecule has 0 atom stereocenters. The average molecular weight is 106 g/mol. The third-order valence-corrected chi connectivity index (χ3v) is 0.583. The Morgan fingerprint density at radius 3 is 1.50 bits per heavy atom. The first kappa shape index (κ1) is 7.04. The Balaban J connectivity index is 3.51. The molecule has 0 saturated heterocycles. The van der Waals surface area contributed by atoms with Crippen molar-refractivity contribution in [2.75, 3.05) is 0 Å². The van der Waals surface area contributed by atoms with E-state index >= 15 is 0 Å². The highest BCUT2D eigenvalue weighted by Gasteiger charge is 1.51. The summed E-state index contributed by atoms with van der Waals surface area (Å²) >= 11 is 0. The average Bonchev–Trinajstić information content (AvgIpc) is 1.81. The van der Waals surface area contributed by atoms with Crippen LogP contribution >= 0.6 is 0 Å². The van der Waals surface area contributed by atoms with Crippen molar-refractivity contribution < 1.29 is 0 Å². The van der Waals surface area contributed by atoms with Crippen molar-refractivity contribution in [1.29, 1.82) is 0 Å². The van der Waals surface area contributed by atoms with E-state index in [1.807, 2.05) is 38.2 Å². The maximum atomic E-state index is 2.82. The quantitative estimate of drug-likeness (QED) is 0.415. The third kappa shape index (κ3) is 5.04. The summed E-state index contributed by atoms with van der Waals surface area (Å²) in [7, 11) is 0. The van der Waals surface area contributed by atoms with Crippen LogP contribution in [0.4, 0.5) is 0 Å². The van der Waals surface area contributed by atoms with E-state index in [2.05, 4.69) is 11.8 Å². The standard InChI is InChI=1S/C8H10/c1-3-5-7-8-6-4-2/h3-6H,1-2H3. The fourth-order valence-electron chi connectivity index (χ4n) is 0.263. The van der Waals surface area contributed by atoms with E-state index in [-0.39, 0.29) is 0 Å². The van der Waals surface area contributed by atoms with Gasteiger partial charge in [-0.25, -0.2) is 0 Å². The van der Waals surface area contributed by atoms with Crippen molar-refractivity contribution in [2.45, 2.75) is 13.8 Å². The topological polar surface area (TPSA) is 0 Å². The SMILES string of the molecule is CC=CC#CC=CC. The Morgan fingerprint density at radius 1 is 0.875 bits per heavy atom. The van der Waals surface area contributed by atoms with Crippen molar-refractivity contribution in [3.8, 4) is 11.8 Å². The van der Waals surface area contributed by atoms with Gasteiger partial charge < -0.3 is 0 Å². The summed E-state index contributed by atoms with van der Waals surface area (Å²) in [6.07, 6.45) is 7.47. The Morgan fingerprint density at radius 2 is 1.25 bits per heavy atom. The van der Waals surface area contributed by atoms with Gasteiger partial charge in [0.2, 0.25) is 0 Å². The summed E-state index contributed by atoms with van der Waals surface area (Å²) < 4.78 is 0. The van der Waals surface area contributed by atoms with Crippen LogP contribution in [0, 0.1) is 11.8 Å². The molecular weight excluding hydrogens is 96.1 g/mol. The second-order valence-corrected chi connectivity index (χ2v) is 1.29. The first-order chi connectivity index (χ1) is 3.91. The molecule has 0 radical (unpaired) electrons. The number of rotatable bonds is 0. The van der Waals surface area contributed by atoms with Gasteiger partial charge in [-0.1, -0.05) is 24.0 Å². The molecule has 0 heterocycles. The number of hydrogen-bond acceptors (Lipinski definition) is 0. The fraction of sp³-hybridized carbons (Fsp3) is 0.250. The van der Waals surface area contributed by atoms with Gasteiger partial charge in [-0.05, 0) is 26.0 Å². The van der Waals surface area contributed by atoms with Crippen LogP contribution in [-0.4, -0.2) is 0 Å². The lowest BCUT2D eigenvalue weighted by molar-refractivity contribution is 1.75. The molecule has 0 heteroatoms. The van der Waals surface area contributed by atoms with Gasteiger partial charge >= 0.3 is 0 Å². The van der Waals surface area contributed by atoms with E-state index in [0.717, 1.165) is 0 Å². The zero-order chi connectivity index (χ0) is 6.24. The van der Waals surface area contributed by atoms with Crippen LogP contribution < -0.4 is 0 Å². The monoisotopic (exact) mass is 106 g/mol. The van der Waals surface area contributed by atoms with E-state index < -0.39 is 0 Å². The molecule has 0 fully saturated rings. The molecule has 0 N–H and O–H groups in total. The van der Waals surface area contributed by atoms with E-state index in [9.17, 15) is 0 Å². The summed E-state index contributed by atoms with van der Waals surface area (Å²) in [5.41, 5.74) is 0. The minimum Gasteiger partial charge on any atom is -0.0793 e. The molecule has 0 bridgehead atoms. The molecule has 0 rings (SSSR count). The number of hydrogen-bond donors (Lipinski definition) is 0. The fourth-order valence-corrected chi connectivity index (χ4v) is 0.263. The maximum absolute atomic E-state index is 2.82. The molecule has 0 aliphatic carbocycles. The zero-order valence-corrected chi connectivity index (χ0v) is 5.31. The Labute approximate surface area is 50.9 Å². The predicted octanol–water partition coefficient (Wildman–Crippen LogP) is 2.14. The van der Waals surface area contributed by atoms with Gasteiger partial charge in [0.15, 0.2) is 0 Å². The molecule has 0 aromatic carbocycles. The van der Waals surface area contributed by atoms with Crippen molar-refractivity contribution in [3.05, 3.63) is 24.3 Å². The molecule has 0 spiro atoms. The van der Waals surface area contributed by atoms with Crippen molar-refractivity contribution >= 4 is 0 Å². The molecule has 0 saturated carbocycles. The molecule has 0 aliphatic heterocycles. The lowest BCUT2D eigenvalue weighted by atomic mass is 10.5. The van der Waals surface area contributed by atoms with E-state index in [4.69, 9.17) is 0 Å². The van der Waals surface area contributed by atoms with Crippen molar-refractivity contribution in [1.82, 2.24) is 0 Å². The van der Waals surface area contributed by atoms with Crippen molar-refractivity contribution in [2.24, 2.45) is 0 Å². The second-order valence-electron chi connectivity index (χ2n) is 1.29. The normalized spacial score (nSPS) is 9.75. The molecule has 42 valence electrons. The minimum absolute atomic E-state index is 1.82. The molecule has 0 amide bonds. The zero-order valence-electron chi connectivity index (χ0n) is 5.31. The van der Waals surface area contributed by atoms with Gasteiger partial charge in [-0.15, -0.1) is 0 Å². The smallest absolute Gasteiger partial charge is 0.0158 e. The Hall–Kier alpha value is -0.960. The van der Waals surface area contributed by atoms with E-state index in [1.54, 1.807) is 0 Å². The first-order valence-electron chi connectivity index (χ1n) is 2.65. The molecule has 0 aromatic rings. The lowest BCUT2D eigenvalue weighted by Gasteiger charge is -1.61. The summed E-state index contributed by atoms with van der Waals surface area (Å²) in [6.45, 7) is 3.90. The van der Waals surface area contributed by atoms with Crippen LogP contribution in [0.3, 0.4) is 0 Å². The van der Waals surface area contributed by atoms with E-state index in [1.165, 1.54) is 0 Å². The molecule has 0 aromatic heterocycles.